The minimum atomic E-state index is -0.412. The van der Waals surface area contributed by atoms with Crippen molar-refractivity contribution >= 4 is 23.2 Å². The van der Waals surface area contributed by atoms with Crippen molar-refractivity contribution in [2.45, 2.75) is 26.9 Å². The number of aromatic nitrogens is 2. The molecule has 0 aliphatic rings. The number of nitrogens with zero attached hydrogens (tertiary/aromatic N) is 4. The van der Waals surface area contributed by atoms with Crippen LogP contribution in [0.5, 0.6) is 0 Å². The largest absolute Gasteiger partial charge is 0.337 e. The monoisotopic (exact) mass is 412 g/mol. The summed E-state index contributed by atoms with van der Waals surface area (Å²) in [5.74, 6) is -0.113. The van der Waals surface area contributed by atoms with Gasteiger partial charge in [0, 0.05) is 24.2 Å². The molecule has 29 heavy (non-hydrogen) atoms. The Labute approximate surface area is 173 Å². The van der Waals surface area contributed by atoms with Crippen LogP contribution >= 0.6 is 11.6 Å². The average molecular weight is 413 g/mol. The molecule has 8 heteroatoms. The predicted molar refractivity (Wildman–Crippen MR) is 111 cm³/mol. The van der Waals surface area contributed by atoms with Gasteiger partial charge >= 0.3 is 5.69 Å². The molecule has 0 atom stereocenters. The maximum atomic E-state index is 12.7. The van der Waals surface area contributed by atoms with Crippen LogP contribution < -0.4 is 0 Å². The maximum absolute atomic E-state index is 12.7. The zero-order valence-electron chi connectivity index (χ0n) is 16.4. The topological polar surface area (TPSA) is 81.3 Å². The number of benzene rings is 2. The minimum absolute atomic E-state index is 0.0398. The van der Waals surface area contributed by atoms with Gasteiger partial charge in [-0.3, -0.25) is 19.6 Å². The predicted octanol–water partition coefficient (Wildman–Crippen LogP) is 4.38. The van der Waals surface area contributed by atoms with Crippen molar-refractivity contribution in [3.63, 3.8) is 0 Å². The summed E-state index contributed by atoms with van der Waals surface area (Å²) >= 11 is 6.17. The summed E-state index contributed by atoms with van der Waals surface area (Å²) in [4.78, 5) is 25.0. The summed E-state index contributed by atoms with van der Waals surface area (Å²) in [6.07, 6.45) is 0. The molecule has 0 spiro atoms. The van der Waals surface area contributed by atoms with E-state index in [2.05, 4.69) is 5.10 Å². The normalized spacial score (nSPS) is 10.8. The van der Waals surface area contributed by atoms with Gasteiger partial charge in [-0.25, -0.2) is 0 Å². The van der Waals surface area contributed by atoms with Gasteiger partial charge in [-0.1, -0.05) is 41.9 Å². The highest BCUT2D eigenvalue weighted by molar-refractivity contribution is 6.31. The Bertz CT molecular complexity index is 1060. The van der Waals surface area contributed by atoms with Gasteiger partial charge in [0.2, 0.25) is 0 Å². The number of hydrogen-bond acceptors (Lipinski definition) is 4. The second-order valence-electron chi connectivity index (χ2n) is 6.88. The van der Waals surface area contributed by atoms with Crippen LogP contribution in [0.3, 0.4) is 0 Å². The molecule has 1 amide bonds. The van der Waals surface area contributed by atoms with Gasteiger partial charge in [0.05, 0.1) is 11.5 Å². The molecule has 150 valence electrons. The van der Waals surface area contributed by atoms with Gasteiger partial charge in [-0.15, -0.1) is 0 Å². The molecule has 0 fully saturated rings. The molecule has 7 nitrogen and oxygen atoms in total. The molecule has 2 aromatic carbocycles. The fourth-order valence-corrected chi connectivity index (χ4v) is 3.40. The number of rotatable bonds is 6. The third-order valence-electron chi connectivity index (χ3n) is 4.77. The Balaban J connectivity index is 1.71. The maximum Gasteiger partial charge on any atom is 0.312 e. The fourth-order valence-electron chi connectivity index (χ4n) is 3.21. The van der Waals surface area contributed by atoms with Crippen molar-refractivity contribution in [3.05, 3.63) is 91.7 Å². The number of hydrogen-bond donors (Lipinski definition) is 0. The molecule has 0 aliphatic carbocycles. The van der Waals surface area contributed by atoms with Crippen LogP contribution in [0.25, 0.3) is 0 Å². The first kappa shape index (κ1) is 20.5. The molecule has 0 saturated carbocycles. The average Bonchev–Trinajstić information content (AvgIpc) is 2.96. The SMILES string of the molecule is Cc1nn(Cc2ccc(C(=O)N(C)Cc3ccccc3Cl)cc2)c(C)c1[N+](=O)[O-]. The van der Waals surface area contributed by atoms with Crippen LogP contribution in [0.15, 0.2) is 48.5 Å². The van der Waals surface area contributed by atoms with Crippen molar-refractivity contribution in [2.24, 2.45) is 0 Å². The molecular weight excluding hydrogens is 392 g/mol. The Kier molecular flexibility index (Phi) is 5.98. The van der Waals surface area contributed by atoms with E-state index in [1.165, 1.54) is 0 Å². The highest BCUT2D eigenvalue weighted by atomic mass is 35.5. The summed E-state index contributed by atoms with van der Waals surface area (Å²) in [7, 11) is 1.73. The number of aryl methyl sites for hydroxylation is 1. The van der Waals surface area contributed by atoms with E-state index in [-0.39, 0.29) is 11.6 Å². The van der Waals surface area contributed by atoms with E-state index in [1.54, 1.807) is 48.7 Å². The van der Waals surface area contributed by atoms with Crippen LogP contribution in [0, 0.1) is 24.0 Å². The van der Waals surface area contributed by atoms with Crippen molar-refractivity contribution in [3.8, 4) is 0 Å². The first-order valence-corrected chi connectivity index (χ1v) is 9.42. The third-order valence-corrected chi connectivity index (χ3v) is 5.14. The molecule has 1 heterocycles. The minimum Gasteiger partial charge on any atom is -0.337 e. The van der Waals surface area contributed by atoms with E-state index in [1.807, 2.05) is 30.3 Å². The van der Waals surface area contributed by atoms with E-state index in [0.29, 0.717) is 35.1 Å². The summed E-state index contributed by atoms with van der Waals surface area (Å²) in [5, 5.41) is 16.0. The number of nitro groups is 1. The van der Waals surface area contributed by atoms with E-state index >= 15 is 0 Å². The molecular formula is C21H21ClN4O3. The second-order valence-corrected chi connectivity index (χ2v) is 7.29. The van der Waals surface area contributed by atoms with E-state index < -0.39 is 4.92 Å². The lowest BCUT2D eigenvalue weighted by Gasteiger charge is -2.18. The van der Waals surface area contributed by atoms with Gasteiger partial charge in [0.25, 0.3) is 5.91 Å². The van der Waals surface area contributed by atoms with Crippen molar-refractivity contribution in [1.29, 1.82) is 0 Å². The van der Waals surface area contributed by atoms with E-state index in [0.717, 1.165) is 11.1 Å². The molecule has 0 unspecified atom stereocenters. The van der Waals surface area contributed by atoms with E-state index in [4.69, 9.17) is 11.6 Å². The molecule has 3 rings (SSSR count). The third kappa shape index (κ3) is 4.46. The van der Waals surface area contributed by atoms with Crippen LogP contribution in [-0.4, -0.2) is 32.6 Å². The second kappa shape index (κ2) is 8.45. The highest BCUT2D eigenvalue weighted by Crippen LogP contribution is 2.23. The number of amides is 1. The van der Waals surface area contributed by atoms with Gasteiger partial charge in [0.1, 0.15) is 11.4 Å². The summed E-state index contributed by atoms with van der Waals surface area (Å²) < 4.78 is 1.60. The van der Waals surface area contributed by atoms with Gasteiger partial charge < -0.3 is 4.90 Å². The summed E-state index contributed by atoms with van der Waals surface area (Å²) in [6, 6.07) is 14.6. The van der Waals surface area contributed by atoms with Gasteiger partial charge in [0.15, 0.2) is 0 Å². The van der Waals surface area contributed by atoms with Crippen molar-refractivity contribution in [1.82, 2.24) is 14.7 Å². The number of carbonyl (C=O) groups is 1. The first-order chi connectivity index (χ1) is 13.8. The summed E-state index contributed by atoms with van der Waals surface area (Å²) in [5.41, 5.74) is 3.27. The lowest BCUT2D eigenvalue weighted by atomic mass is 10.1. The lowest BCUT2D eigenvalue weighted by Crippen LogP contribution is -2.26. The van der Waals surface area contributed by atoms with Crippen molar-refractivity contribution < 1.29 is 9.72 Å². The molecule has 0 saturated heterocycles. The fraction of sp³-hybridized carbons (Fsp3) is 0.238. The zero-order chi connectivity index (χ0) is 21.1. The van der Waals surface area contributed by atoms with Crippen LogP contribution in [0.1, 0.15) is 32.9 Å². The lowest BCUT2D eigenvalue weighted by molar-refractivity contribution is -0.386. The van der Waals surface area contributed by atoms with Gasteiger partial charge in [-0.2, -0.15) is 5.10 Å². The Morgan fingerprint density at radius 2 is 1.83 bits per heavy atom. The molecule has 0 N–H and O–H groups in total. The number of carbonyl (C=O) groups excluding carboxylic acids is 1. The molecule has 0 aliphatic heterocycles. The summed E-state index contributed by atoms with van der Waals surface area (Å²) in [6.45, 7) is 4.11. The quantitative estimate of drug-likeness (QED) is 0.444. The zero-order valence-corrected chi connectivity index (χ0v) is 17.2. The standard InChI is InChI=1S/C21H21ClN4O3/c1-14-20(26(28)29)15(2)25(23-14)12-16-8-10-17(11-9-16)21(27)24(3)13-18-6-4-5-7-19(18)22/h4-11H,12-13H2,1-3H3. The first-order valence-electron chi connectivity index (χ1n) is 9.04. The van der Waals surface area contributed by atoms with E-state index in [9.17, 15) is 14.9 Å². The molecule has 1 aromatic heterocycles. The van der Waals surface area contributed by atoms with Crippen LogP contribution in [0.2, 0.25) is 5.02 Å². The Hall–Kier alpha value is -3.19. The van der Waals surface area contributed by atoms with Crippen molar-refractivity contribution in [2.75, 3.05) is 7.05 Å². The van der Waals surface area contributed by atoms with Crippen LogP contribution in [-0.2, 0) is 13.1 Å². The molecule has 0 radical (unpaired) electrons. The smallest absolute Gasteiger partial charge is 0.312 e. The molecule has 3 aromatic rings. The number of halogens is 1. The van der Waals surface area contributed by atoms with Gasteiger partial charge in [-0.05, 0) is 43.2 Å². The van der Waals surface area contributed by atoms with Crippen LogP contribution in [0.4, 0.5) is 5.69 Å². The molecule has 0 bridgehead atoms. The Morgan fingerprint density at radius 1 is 1.17 bits per heavy atom. The highest BCUT2D eigenvalue weighted by Gasteiger charge is 2.21. The Morgan fingerprint density at radius 3 is 2.41 bits per heavy atom.